The van der Waals surface area contributed by atoms with Crippen molar-refractivity contribution in [2.75, 3.05) is 13.2 Å². The van der Waals surface area contributed by atoms with E-state index in [0.29, 0.717) is 30.0 Å². The normalized spacial score (nSPS) is 18.2. The second-order valence-corrected chi connectivity index (χ2v) is 7.53. The summed E-state index contributed by atoms with van der Waals surface area (Å²) in [5.74, 6) is 0.397. The van der Waals surface area contributed by atoms with Crippen LogP contribution in [-0.4, -0.2) is 19.1 Å². The first-order valence-electron chi connectivity index (χ1n) is 11.2. The van der Waals surface area contributed by atoms with Crippen molar-refractivity contribution in [3.63, 3.8) is 0 Å². The Morgan fingerprint density at radius 3 is 2.68 bits per heavy atom. The molecule has 0 saturated carbocycles. The van der Waals surface area contributed by atoms with Gasteiger partial charge in [0.05, 0.1) is 6.61 Å². The van der Waals surface area contributed by atoms with Crippen molar-refractivity contribution >= 4 is 23.6 Å². The van der Waals surface area contributed by atoms with E-state index >= 15 is 0 Å². The molecule has 0 aliphatic heterocycles. The van der Waals surface area contributed by atoms with Crippen molar-refractivity contribution in [1.29, 1.82) is 0 Å². The summed E-state index contributed by atoms with van der Waals surface area (Å²) in [6.07, 6.45) is 13.5. The van der Waals surface area contributed by atoms with Gasteiger partial charge in [0.1, 0.15) is 0 Å². The smallest absolute Gasteiger partial charge is 0.330 e. The van der Waals surface area contributed by atoms with Crippen LogP contribution in [0.25, 0.3) is 6.08 Å². The molecule has 4 N–H and O–H groups in total. The van der Waals surface area contributed by atoms with Gasteiger partial charge in [0.2, 0.25) is 0 Å². The minimum atomic E-state index is -0.358. The maximum absolute atomic E-state index is 11.9. The second-order valence-electron chi connectivity index (χ2n) is 7.09. The van der Waals surface area contributed by atoms with Crippen LogP contribution >= 0.6 is 11.6 Å². The minimum absolute atomic E-state index is 0.304. The zero-order valence-corrected chi connectivity index (χ0v) is 20.0. The Labute approximate surface area is 192 Å². The van der Waals surface area contributed by atoms with Crippen LogP contribution in [0.2, 0.25) is 5.02 Å². The van der Waals surface area contributed by atoms with Gasteiger partial charge in [0, 0.05) is 11.1 Å². The number of nitrogens with two attached hydrogens (primary N) is 2. The Bertz CT molecular complexity index is 825. The highest BCUT2D eigenvalue weighted by molar-refractivity contribution is 6.30. The van der Waals surface area contributed by atoms with E-state index in [-0.39, 0.29) is 5.97 Å². The molecule has 2 rings (SSSR count). The molecule has 1 aromatic rings. The molecule has 0 amide bonds. The van der Waals surface area contributed by atoms with Crippen LogP contribution in [0.1, 0.15) is 64.0 Å². The van der Waals surface area contributed by atoms with Crippen LogP contribution in [0.15, 0.2) is 59.8 Å². The number of esters is 1. The van der Waals surface area contributed by atoms with Crippen LogP contribution in [0.5, 0.6) is 0 Å². The van der Waals surface area contributed by atoms with Crippen molar-refractivity contribution in [2.45, 2.75) is 52.9 Å². The maximum atomic E-state index is 11.9. The Balaban J connectivity index is 0.00000233. The van der Waals surface area contributed by atoms with E-state index in [9.17, 15) is 4.79 Å². The Morgan fingerprint density at radius 1 is 1.32 bits per heavy atom. The van der Waals surface area contributed by atoms with Gasteiger partial charge in [-0.05, 0) is 97.0 Å². The molecule has 2 unspecified atom stereocenters. The third-order valence-electron chi connectivity index (χ3n) is 5.29. The molecule has 5 heteroatoms. The Morgan fingerprint density at radius 2 is 2.06 bits per heavy atom. The predicted molar refractivity (Wildman–Crippen MR) is 133 cm³/mol. The third kappa shape index (κ3) is 8.04. The molecule has 1 aromatic carbocycles. The van der Waals surface area contributed by atoms with E-state index in [1.165, 1.54) is 17.8 Å². The first-order chi connectivity index (χ1) is 15.0. The molecule has 0 spiro atoms. The number of rotatable bonds is 8. The average Bonchev–Trinajstić information content (AvgIpc) is 2.92. The molecular weight excluding hydrogens is 408 g/mol. The fraction of sp³-hybridized carbons (Fsp3) is 0.423. The van der Waals surface area contributed by atoms with Crippen LogP contribution in [0.3, 0.4) is 0 Å². The summed E-state index contributed by atoms with van der Waals surface area (Å²) in [4.78, 5) is 11.9. The molecule has 4 nitrogen and oxygen atoms in total. The molecule has 0 fully saturated rings. The first-order valence-corrected chi connectivity index (χ1v) is 11.6. The van der Waals surface area contributed by atoms with Gasteiger partial charge in [0.25, 0.3) is 0 Å². The summed E-state index contributed by atoms with van der Waals surface area (Å²) < 4.78 is 5.04. The second kappa shape index (κ2) is 14.7. The molecule has 0 aromatic heterocycles. The molecule has 1 aliphatic rings. The standard InChI is InChI=1S/C24H31ClN2O2.C2H6/c1-3-17(11-13-27)23-16-18(6-5-12-26)19(7-10-24(28)29-4-2)14-20-15-21(25)8-9-22(20)23;1-2/h5-10,12,14-15,17,23H,3-4,11,13,16,26-27H2,1-2H3;1-2H3/b10-7+,12-5-,18-6+;. The highest BCUT2D eigenvalue weighted by Crippen LogP contribution is 2.42. The van der Waals surface area contributed by atoms with E-state index in [4.69, 9.17) is 27.8 Å². The third-order valence-corrected chi connectivity index (χ3v) is 5.53. The van der Waals surface area contributed by atoms with Gasteiger partial charge in [0.15, 0.2) is 0 Å². The van der Waals surface area contributed by atoms with E-state index in [2.05, 4.69) is 19.1 Å². The average molecular weight is 445 g/mol. The highest BCUT2D eigenvalue weighted by atomic mass is 35.5. The van der Waals surface area contributed by atoms with Gasteiger partial charge in [-0.2, -0.15) is 0 Å². The summed E-state index contributed by atoms with van der Waals surface area (Å²) >= 11 is 6.31. The molecule has 1 aliphatic carbocycles. The number of hydrogen-bond donors (Lipinski definition) is 2. The lowest BCUT2D eigenvalue weighted by Gasteiger charge is -2.27. The van der Waals surface area contributed by atoms with E-state index in [0.717, 1.165) is 36.0 Å². The maximum Gasteiger partial charge on any atom is 0.330 e. The summed E-state index contributed by atoms with van der Waals surface area (Å²) in [6, 6.07) is 6.05. The molecule has 2 atom stereocenters. The van der Waals surface area contributed by atoms with Gasteiger partial charge in [-0.1, -0.05) is 50.9 Å². The minimum Gasteiger partial charge on any atom is -0.463 e. The van der Waals surface area contributed by atoms with Gasteiger partial charge in [-0.3, -0.25) is 0 Å². The zero-order valence-electron chi connectivity index (χ0n) is 19.2. The van der Waals surface area contributed by atoms with Crippen molar-refractivity contribution < 1.29 is 9.53 Å². The monoisotopic (exact) mass is 444 g/mol. The molecule has 170 valence electrons. The number of hydrogen-bond acceptors (Lipinski definition) is 4. The van der Waals surface area contributed by atoms with Crippen molar-refractivity contribution in [2.24, 2.45) is 17.4 Å². The van der Waals surface area contributed by atoms with Gasteiger partial charge < -0.3 is 16.2 Å². The predicted octanol–water partition coefficient (Wildman–Crippen LogP) is 6.13. The molecule has 31 heavy (non-hydrogen) atoms. The Kier molecular flexibility index (Phi) is 12.6. The number of fused-ring (bicyclic) bond motifs is 1. The number of carbonyl (C=O) groups is 1. The van der Waals surface area contributed by atoms with Gasteiger partial charge >= 0.3 is 5.97 Å². The lowest BCUT2D eigenvalue weighted by Crippen LogP contribution is -2.17. The summed E-state index contributed by atoms with van der Waals surface area (Å²) in [5, 5.41) is 0.689. The number of carbonyl (C=O) groups excluding carboxylic acids is 1. The lowest BCUT2D eigenvalue weighted by molar-refractivity contribution is -0.137. The number of halogens is 1. The van der Waals surface area contributed by atoms with E-state index in [1.807, 2.05) is 44.2 Å². The fourth-order valence-electron chi connectivity index (χ4n) is 3.90. The summed E-state index contributed by atoms with van der Waals surface area (Å²) in [7, 11) is 0. The van der Waals surface area contributed by atoms with E-state index < -0.39 is 0 Å². The zero-order chi connectivity index (χ0) is 23.2. The largest absolute Gasteiger partial charge is 0.463 e. The first kappa shape index (κ1) is 26.7. The molecule has 0 heterocycles. The highest BCUT2D eigenvalue weighted by Gasteiger charge is 2.27. The number of benzene rings is 1. The molecule has 0 radical (unpaired) electrons. The van der Waals surface area contributed by atoms with Gasteiger partial charge in [-0.15, -0.1) is 0 Å². The van der Waals surface area contributed by atoms with Gasteiger partial charge in [-0.25, -0.2) is 4.79 Å². The molecule has 0 bridgehead atoms. The SMILES string of the molecule is CC.CCOC(=O)/C=C/C1=Cc2cc(Cl)ccc2C(C(CC)CCN)C/C1=C\C=C/N. The van der Waals surface area contributed by atoms with Crippen LogP contribution < -0.4 is 11.5 Å². The van der Waals surface area contributed by atoms with Crippen LogP contribution in [-0.2, 0) is 9.53 Å². The topological polar surface area (TPSA) is 78.3 Å². The summed E-state index contributed by atoms with van der Waals surface area (Å²) in [6.45, 7) is 9.00. The van der Waals surface area contributed by atoms with Crippen molar-refractivity contribution in [3.05, 3.63) is 76.0 Å². The number of ether oxygens (including phenoxy) is 1. The van der Waals surface area contributed by atoms with Crippen LogP contribution in [0, 0.1) is 5.92 Å². The summed E-state index contributed by atoms with van der Waals surface area (Å²) in [5.41, 5.74) is 15.9. The quantitative estimate of drug-likeness (QED) is 0.373. The number of allylic oxidation sites excluding steroid dienone is 5. The fourth-order valence-corrected chi connectivity index (χ4v) is 4.08. The molecule has 0 saturated heterocycles. The van der Waals surface area contributed by atoms with Crippen molar-refractivity contribution in [3.8, 4) is 0 Å². The van der Waals surface area contributed by atoms with Crippen molar-refractivity contribution in [1.82, 2.24) is 0 Å². The van der Waals surface area contributed by atoms with Crippen LogP contribution in [0.4, 0.5) is 0 Å². The van der Waals surface area contributed by atoms with E-state index in [1.54, 1.807) is 6.92 Å². The lowest BCUT2D eigenvalue weighted by atomic mass is 9.77. The molecular formula is C26H37ClN2O2. The Hall–Kier alpha value is -2.30.